The first kappa shape index (κ1) is 11.7. The van der Waals surface area contributed by atoms with Gasteiger partial charge in [0.1, 0.15) is 10.7 Å². The van der Waals surface area contributed by atoms with Crippen LogP contribution in [0.15, 0.2) is 40.8 Å². The average Bonchev–Trinajstić information content (AvgIpc) is 2.86. The molecule has 0 unspecified atom stereocenters. The lowest BCUT2D eigenvalue weighted by atomic mass is 10.2. The van der Waals surface area contributed by atoms with Gasteiger partial charge in [0, 0.05) is 11.6 Å². The Balaban J connectivity index is 2.17. The van der Waals surface area contributed by atoms with Gasteiger partial charge in [0.15, 0.2) is 5.76 Å². The third kappa shape index (κ3) is 2.68. The van der Waals surface area contributed by atoms with Gasteiger partial charge in [0.2, 0.25) is 0 Å². The molecule has 2 rings (SSSR count). The summed E-state index contributed by atoms with van der Waals surface area (Å²) in [5.74, 6) is 6.25. The second-order valence-corrected chi connectivity index (χ2v) is 3.37. The zero-order valence-corrected chi connectivity index (χ0v) is 9.54. The minimum absolute atomic E-state index is 0.262. The smallest absolute Gasteiger partial charge is 0.434 e. The number of methoxy groups -OCH3 is 1. The lowest BCUT2D eigenvalue weighted by Gasteiger charge is -1.97. The van der Waals surface area contributed by atoms with E-state index in [1.54, 1.807) is 31.4 Å². The normalized spacial score (nSPS) is 9.39. The summed E-state index contributed by atoms with van der Waals surface area (Å²) < 4.78 is 9.93. The summed E-state index contributed by atoms with van der Waals surface area (Å²) in [6, 6.07) is 9.91. The molecule has 0 aliphatic heterocycles. The molecule has 0 fully saturated rings. The van der Waals surface area contributed by atoms with Crippen LogP contribution in [0.3, 0.4) is 0 Å². The molecule has 1 heterocycles. The summed E-state index contributed by atoms with van der Waals surface area (Å²) in [6.45, 7) is 0. The van der Waals surface area contributed by atoms with Crippen molar-refractivity contribution in [2.75, 3.05) is 7.11 Å². The fourth-order valence-electron chi connectivity index (χ4n) is 1.30. The zero-order valence-electron chi connectivity index (χ0n) is 9.54. The van der Waals surface area contributed by atoms with Crippen LogP contribution in [0.2, 0.25) is 0 Å². The van der Waals surface area contributed by atoms with E-state index in [0.29, 0.717) is 0 Å². The van der Waals surface area contributed by atoms with E-state index in [-0.39, 0.29) is 11.6 Å². The molecule has 0 saturated carbocycles. The molecular formula is C13H9NO4. The van der Waals surface area contributed by atoms with Crippen molar-refractivity contribution >= 4 is 5.88 Å². The van der Waals surface area contributed by atoms with Gasteiger partial charge in [0.05, 0.1) is 13.2 Å². The summed E-state index contributed by atoms with van der Waals surface area (Å²) in [5, 5.41) is 10.4. The van der Waals surface area contributed by atoms with E-state index in [1.165, 1.54) is 12.1 Å². The number of hydrogen-bond acceptors (Lipinski definition) is 4. The molecular weight excluding hydrogens is 234 g/mol. The minimum atomic E-state index is -0.599. The van der Waals surface area contributed by atoms with Crippen LogP contribution in [0.4, 0.5) is 5.88 Å². The Morgan fingerprint density at radius 3 is 2.44 bits per heavy atom. The third-order valence-corrected chi connectivity index (χ3v) is 2.19. The van der Waals surface area contributed by atoms with Crippen molar-refractivity contribution in [3.63, 3.8) is 0 Å². The molecule has 18 heavy (non-hydrogen) atoms. The van der Waals surface area contributed by atoms with E-state index < -0.39 is 4.92 Å². The Morgan fingerprint density at radius 2 is 1.89 bits per heavy atom. The predicted octanol–water partition coefficient (Wildman–Crippen LogP) is 2.60. The molecule has 1 aromatic heterocycles. The van der Waals surface area contributed by atoms with E-state index in [2.05, 4.69) is 11.8 Å². The number of hydrogen-bond donors (Lipinski definition) is 0. The number of rotatable bonds is 2. The van der Waals surface area contributed by atoms with Gasteiger partial charge in [-0.3, -0.25) is 10.1 Å². The Morgan fingerprint density at radius 1 is 1.17 bits per heavy atom. The molecule has 0 aliphatic rings. The summed E-state index contributed by atoms with van der Waals surface area (Å²) in [4.78, 5) is 9.81. The Kier molecular flexibility index (Phi) is 3.30. The van der Waals surface area contributed by atoms with Crippen LogP contribution in [0.5, 0.6) is 5.75 Å². The topological polar surface area (TPSA) is 65.5 Å². The number of benzene rings is 1. The maximum absolute atomic E-state index is 10.4. The molecule has 0 radical (unpaired) electrons. The van der Waals surface area contributed by atoms with Crippen LogP contribution in [-0.4, -0.2) is 12.0 Å². The Bertz CT molecular complexity index is 616. The highest BCUT2D eigenvalue weighted by Crippen LogP contribution is 2.15. The number of nitrogens with zero attached hydrogens (tertiary/aromatic N) is 1. The van der Waals surface area contributed by atoms with Gasteiger partial charge in [-0.25, -0.2) is 0 Å². The van der Waals surface area contributed by atoms with Crippen molar-refractivity contribution in [2.45, 2.75) is 0 Å². The van der Waals surface area contributed by atoms with Crippen LogP contribution >= 0.6 is 0 Å². The van der Waals surface area contributed by atoms with Gasteiger partial charge >= 0.3 is 5.88 Å². The van der Waals surface area contributed by atoms with Crippen LogP contribution in [0, 0.1) is 22.0 Å². The van der Waals surface area contributed by atoms with Crippen molar-refractivity contribution in [3.05, 3.63) is 57.8 Å². The lowest BCUT2D eigenvalue weighted by Crippen LogP contribution is -1.82. The second kappa shape index (κ2) is 5.06. The minimum Gasteiger partial charge on any atom is -0.497 e. The molecule has 0 amide bonds. The van der Waals surface area contributed by atoms with Crippen LogP contribution in [0.1, 0.15) is 11.3 Å². The molecule has 1 aromatic carbocycles. The van der Waals surface area contributed by atoms with Crippen molar-refractivity contribution in [1.82, 2.24) is 0 Å². The fourth-order valence-corrected chi connectivity index (χ4v) is 1.30. The molecule has 0 spiro atoms. The molecule has 5 heteroatoms. The quantitative estimate of drug-likeness (QED) is 0.462. The third-order valence-electron chi connectivity index (χ3n) is 2.19. The number of ether oxygens (including phenoxy) is 1. The van der Waals surface area contributed by atoms with E-state index >= 15 is 0 Å². The maximum Gasteiger partial charge on any atom is 0.434 e. The molecule has 2 aromatic rings. The van der Waals surface area contributed by atoms with Crippen molar-refractivity contribution in [1.29, 1.82) is 0 Å². The first-order valence-electron chi connectivity index (χ1n) is 5.09. The van der Waals surface area contributed by atoms with Crippen molar-refractivity contribution in [2.24, 2.45) is 0 Å². The first-order chi connectivity index (χ1) is 8.69. The fraction of sp³-hybridized carbons (Fsp3) is 0.0769. The lowest BCUT2D eigenvalue weighted by molar-refractivity contribution is -0.402. The molecule has 0 aliphatic carbocycles. The SMILES string of the molecule is COc1ccc(C#Cc2ccc([N+](=O)[O-])o2)cc1. The maximum atomic E-state index is 10.4. The van der Waals surface area contributed by atoms with E-state index in [1.807, 2.05) is 0 Å². The summed E-state index contributed by atoms with van der Waals surface area (Å²) in [7, 11) is 1.59. The molecule has 90 valence electrons. The van der Waals surface area contributed by atoms with Crippen molar-refractivity contribution in [3.8, 4) is 17.6 Å². The molecule has 5 nitrogen and oxygen atoms in total. The summed E-state index contributed by atoms with van der Waals surface area (Å²) in [6.07, 6.45) is 0. The van der Waals surface area contributed by atoms with Gasteiger partial charge < -0.3 is 9.15 Å². The summed E-state index contributed by atoms with van der Waals surface area (Å²) >= 11 is 0. The highest BCUT2D eigenvalue weighted by atomic mass is 16.6. The highest BCUT2D eigenvalue weighted by molar-refractivity contribution is 5.42. The van der Waals surface area contributed by atoms with E-state index in [9.17, 15) is 10.1 Å². The standard InChI is InChI=1S/C13H9NO4/c1-17-11-5-2-10(3-6-11)4-7-12-8-9-13(18-12)14(15)16/h2-3,5-6,8-9H,1H3. The second-order valence-electron chi connectivity index (χ2n) is 3.37. The van der Waals surface area contributed by atoms with E-state index in [4.69, 9.17) is 9.15 Å². The van der Waals surface area contributed by atoms with Crippen molar-refractivity contribution < 1.29 is 14.1 Å². The van der Waals surface area contributed by atoms with Crippen LogP contribution < -0.4 is 4.74 Å². The summed E-state index contributed by atoms with van der Waals surface area (Å²) in [5.41, 5.74) is 0.773. The van der Waals surface area contributed by atoms with Gasteiger partial charge in [-0.15, -0.1) is 0 Å². The van der Waals surface area contributed by atoms with Crippen LogP contribution in [-0.2, 0) is 0 Å². The monoisotopic (exact) mass is 243 g/mol. The predicted molar refractivity (Wildman–Crippen MR) is 64.3 cm³/mol. The molecule has 0 atom stereocenters. The van der Waals surface area contributed by atoms with Gasteiger partial charge in [-0.05, 0) is 30.2 Å². The highest BCUT2D eigenvalue weighted by Gasteiger charge is 2.09. The van der Waals surface area contributed by atoms with Gasteiger partial charge in [0.25, 0.3) is 0 Å². The largest absolute Gasteiger partial charge is 0.497 e. The first-order valence-corrected chi connectivity index (χ1v) is 5.09. The van der Waals surface area contributed by atoms with Gasteiger partial charge in [-0.1, -0.05) is 5.92 Å². The average molecular weight is 243 g/mol. The van der Waals surface area contributed by atoms with Gasteiger partial charge in [-0.2, -0.15) is 0 Å². The Hall–Kier alpha value is -2.74. The van der Waals surface area contributed by atoms with E-state index in [0.717, 1.165) is 11.3 Å². The molecule has 0 bridgehead atoms. The molecule has 0 N–H and O–H groups in total. The van der Waals surface area contributed by atoms with Crippen LogP contribution in [0.25, 0.3) is 0 Å². The number of furan rings is 1. The molecule has 0 saturated heterocycles. The Labute approximate surface area is 103 Å². The number of nitro groups is 1. The zero-order chi connectivity index (χ0) is 13.0.